The molecule has 0 bridgehead atoms. The molecule has 0 aromatic carbocycles. The van der Waals surface area contributed by atoms with E-state index < -0.39 is 0 Å². The lowest BCUT2D eigenvalue weighted by atomic mass is 10.1. The van der Waals surface area contributed by atoms with Crippen molar-refractivity contribution < 1.29 is 0 Å². The van der Waals surface area contributed by atoms with Gasteiger partial charge in [0.25, 0.3) is 5.95 Å². The molecule has 1 aromatic rings. The third kappa shape index (κ3) is 3.09. The van der Waals surface area contributed by atoms with Crippen LogP contribution in [0, 0.1) is 22.7 Å². The van der Waals surface area contributed by atoms with Crippen LogP contribution < -0.4 is 0 Å². The maximum Gasteiger partial charge on any atom is 0.251 e. The average Bonchev–Trinajstić information content (AvgIpc) is 3.11. The molecule has 2 rings (SSSR count). The van der Waals surface area contributed by atoms with Crippen LogP contribution in [0.4, 0.5) is 5.95 Å². The maximum atomic E-state index is 9.01. The van der Waals surface area contributed by atoms with Crippen molar-refractivity contribution in [2.45, 2.75) is 38.8 Å². The lowest BCUT2D eigenvalue weighted by Crippen LogP contribution is -2.37. The first-order valence-electron chi connectivity index (χ1n) is 7.10. The number of imidazole rings is 1. The van der Waals surface area contributed by atoms with Crippen molar-refractivity contribution in [3.8, 4) is 12.1 Å². The molecule has 0 aliphatic carbocycles. The van der Waals surface area contributed by atoms with Crippen molar-refractivity contribution in [2.75, 3.05) is 13.1 Å². The van der Waals surface area contributed by atoms with Crippen molar-refractivity contribution >= 4 is 5.95 Å². The molecular formula is C14H19N7. The van der Waals surface area contributed by atoms with Gasteiger partial charge in [0.1, 0.15) is 12.1 Å². The molecule has 1 saturated heterocycles. The summed E-state index contributed by atoms with van der Waals surface area (Å²) in [5.74, 6) is 0.295. The average molecular weight is 285 g/mol. The zero-order chi connectivity index (χ0) is 15.4. The molecule has 0 N–H and O–H groups in total. The SMILES string of the molecule is CC(N=Nc1nc(C#N)c(C#N)n1C)[C@H](C)N1CCCC1. The molecule has 110 valence electrons. The fourth-order valence-electron chi connectivity index (χ4n) is 2.48. The highest BCUT2D eigenvalue weighted by atomic mass is 15.3. The molecule has 0 amide bonds. The monoisotopic (exact) mass is 285 g/mol. The predicted octanol–water partition coefficient (Wildman–Crippen LogP) is 2.12. The van der Waals surface area contributed by atoms with Crippen LogP contribution in [0.3, 0.4) is 0 Å². The van der Waals surface area contributed by atoms with E-state index in [1.807, 2.05) is 19.1 Å². The van der Waals surface area contributed by atoms with Crippen LogP contribution >= 0.6 is 0 Å². The number of likely N-dealkylation sites (tertiary alicyclic amines) is 1. The van der Waals surface area contributed by atoms with E-state index in [4.69, 9.17) is 10.5 Å². The molecule has 0 saturated carbocycles. The molecule has 1 aromatic heterocycles. The molecule has 1 unspecified atom stereocenters. The van der Waals surface area contributed by atoms with Gasteiger partial charge in [-0.25, -0.2) is 0 Å². The van der Waals surface area contributed by atoms with Gasteiger partial charge >= 0.3 is 0 Å². The fourth-order valence-corrected chi connectivity index (χ4v) is 2.48. The van der Waals surface area contributed by atoms with Crippen LogP contribution in [0.25, 0.3) is 0 Å². The maximum absolute atomic E-state index is 9.01. The van der Waals surface area contributed by atoms with Gasteiger partial charge in [-0.2, -0.15) is 20.6 Å². The van der Waals surface area contributed by atoms with Crippen LogP contribution in [-0.2, 0) is 7.05 Å². The quantitative estimate of drug-likeness (QED) is 0.792. The van der Waals surface area contributed by atoms with E-state index in [2.05, 4.69) is 27.0 Å². The third-order valence-electron chi connectivity index (χ3n) is 4.03. The highest BCUT2D eigenvalue weighted by Gasteiger charge is 2.23. The third-order valence-corrected chi connectivity index (χ3v) is 4.03. The number of hydrogen-bond acceptors (Lipinski definition) is 6. The molecule has 1 aliphatic heterocycles. The molecule has 2 heterocycles. The summed E-state index contributed by atoms with van der Waals surface area (Å²) < 4.78 is 1.50. The van der Waals surface area contributed by atoms with Crippen molar-refractivity contribution in [3.05, 3.63) is 11.4 Å². The Kier molecular flexibility index (Phi) is 4.66. The molecular weight excluding hydrogens is 266 g/mol. The first kappa shape index (κ1) is 15.1. The first-order valence-corrected chi connectivity index (χ1v) is 7.10. The van der Waals surface area contributed by atoms with Crippen molar-refractivity contribution in [2.24, 2.45) is 17.3 Å². The molecule has 7 nitrogen and oxygen atoms in total. The van der Waals surface area contributed by atoms with Crippen LogP contribution in [-0.4, -0.2) is 39.6 Å². The Hall–Kier alpha value is -2.25. The van der Waals surface area contributed by atoms with Crippen molar-refractivity contribution in [1.29, 1.82) is 10.5 Å². The molecule has 2 atom stereocenters. The van der Waals surface area contributed by atoms with Gasteiger partial charge in [0, 0.05) is 13.1 Å². The Balaban J connectivity index is 2.12. The second-order valence-electron chi connectivity index (χ2n) is 5.33. The zero-order valence-electron chi connectivity index (χ0n) is 12.6. The minimum atomic E-state index is 0.0378. The number of nitriles is 2. The van der Waals surface area contributed by atoms with Crippen molar-refractivity contribution in [1.82, 2.24) is 14.5 Å². The summed E-state index contributed by atoms with van der Waals surface area (Å²) >= 11 is 0. The fraction of sp³-hybridized carbons (Fsp3) is 0.643. The zero-order valence-corrected chi connectivity index (χ0v) is 12.6. The summed E-state index contributed by atoms with van der Waals surface area (Å²) in [4.78, 5) is 6.44. The van der Waals surface area contributed by atoms with E-state index in [0.29, 0.717) is 12.0 Å². The molecule has 1 fully saturated rings. The Labute approximate surface area is 124 Å². The Morgan fingerprint density at radius 2 is 1.86 bits per heavy atom. The lowest BCUT2D eigenvalue weighted by Gasteiger charge is -2.26. The first-order chi connectivity index (χ1) is 10.1. The van der Waals surface area contributed by atoms with Crippen LogP contribution in [0.2, 0.25) is 0 Å². The van der Waals surface area contributed by atoms with E-state index in [1.54, 1.807) is 7.05 Å². The predicted molar refractivity (Wildman–Crippen MR) is 76.9 cm³/mol. The summed E-state index contributed by atoms with van der Waals surface area (Å²) in [6.07, 6.45) is 2.48. The normalized spacial score (nSPS) is 18.5. The van der Waals surface area contributed by atoms with Crippen LogP contribution in [0.5, 0.6) is 0 Å². The van der Waals surface area contributed by atoms with E-state index >= 15 is 0 Å². The van der Waals surface area contributed by atoms with Gasteiger partial charge in [-0.05, 0) is 39.8 Å². The molecule has 0 radical (unpaired) electrons. The van der Waals surface area contributed by atoms with Gasteiger partial charge in [0.05, 0.1) is 6.04 Å². The van der Waals surface area contributed by atoms with Crippen LogP contribution in [0.1, 0.15) is 38.1 Å². The molecule has 7 heteroatoms. The Morgan fingerprint density at radius 1 is 1.19 bits per heavy atom. The molecule has 1 aliphatic rings. The minimum Gasteiger partial charge on any atom is -0.301 e. The van der Waals surface area contributed by atoms with E-state index in [9.17, 15) is 0 Å². The smallest absolute Gasteiger partial charge is 0.251 e. The van der Waals surface area contributed by atoms with E-state index in [-0.39, 0.29) is 17.4 Å². The summed E-state index contributed by atoms with van der Waals surface area (Å²) in [7, 11) is 1.66. The summed E-state index contributed by atoms with van der Waals surface area (Å²) in [5, 5.41) is 26.4. The van der Waals surface area contributed by atoms with Gasteiger partial charge in [-0.1, -0.05) is 0 Å². The van der Waals surface area contributed by atoms with Crippen molar-refractivity contribution in [3.63, 3.8) is 0 Å². The molecule has 21 heavy (non-hydrogen) atoms. The number of rotatable bonds is 4. The van der Waals surface area contributed by atoms with Gasteiger partial charge in [-0.15, -0.1) is 5.11 Å². The van der Waals surface area contributed by atoms with E-state index in [1.165, 1.54) is 17.4 Å². The number of aromatic nitrogens is 2. The Bertz CT molecular complexity index is 610. The second kappa shape index (κ2) is 6.47. The standard InChI is InChI=1S/C14H19N7/c1-10(11(2)21-6-4-5-7-21)18-19-14-17-12(8-15)13(9-16)20(14)3/h10-11H,4-7H2,1-3H3/t10?,11-/m0/s1. The Morgan fingerprint density at radius 3 is 2.38 bits per heavy atom. The summed E-state index contributed by atoms with van der Waals surface area (Å²) in [5.41, 5.74) is 0.306. The second-order valence-corrected chi connectivity index (χ2v) is 5.33. The molecule has 0 spiro atoms. The highest BCUT2D eigenvalue weighted by molar-refractivity contribution is 5.42. The number of azo groups is 1. The van der Waals surface area contributed by atoms with Gasteiger partial charge in [0.15, 0.2) is 11.4 Å². The van der Waals surface area contributed by atoms with Gasteiger partial charge in [0.2, 0.25) is 0 Å². The summed E-state index contributed by atoms with van der Waals surface area (Å²) in [6.45, 7) is 6.39. The lowest BCUT2D eigenvalue weighted by molar-refractivity contribution is 0.231. The number of hydrogen-bond donors (Lipinski definition) is 0. The topological polar surface area (TPSA) is 93.4 Å². The largest absolute Gasteiger partial charge is 0.301 e. The van der Waals surface area contributed by atoms with Gasteiger partial charge < -0.3 is 4.57 Å². The van der Waals surface area contributed by atoms with Gasteiger partial charge in [-0.3, -0.25) is 4.90 Å². The van der Waals surface area contributed by atoms with Crippen LogP contribution in [0.15, 0.2) is 10.2 Å². The van der Waals surface area contributed by atoms with E-state index in [0.717, 1.165) is 13.1 Å². The number of nitrogens with zero attached hydrogens (tertiary/aromatic N) is 7. The summed E-state index contributed by atoms with van der Waals surface area (Å²) in [6, 6.07) is 4.22. The minimum absolute atomic E-state index is 0.0378. The highest BCUT2D eigenvalue weighted by Crippen LogP contribution is 2.19.